The van der Waals surface area contributed by atoms with Crippen LogP contribution in [0.5, 0.6) is 0 Å². The zero-order valence-electron chi connectivity index (χ0n) is 8.73. The standard InChI is InChI=1S/C11H9ClFN3O/c12-8-3-1-4-9(11(8)13)15-10(17)7-16-6-2-5-14-16/h1-6H,7H2,(H,15,17). The van der Waals surface area contributed by atoms with Crippen molar-refractivity contribution in [2.24, 2.45) is 0 Å². The van der Waals surface area contributed by atoms with Gasteiger partial charge in [-0.05, 0) is 18.2 Å². The van der Waals surface area contributed by atoms with Crippen molar-refractivity contribution in [3.63, 3.8) is 0 Å². The normalized spacial score (nSPS) is 10.2. The van der Waals surface area contributed by atoms with E-state index >= 15 is 0 Å². The molecule has 0 atom stereocenters. The molecule has 0 saturated heterocycles. The molecule has 0 fully saturated rings. The van der Waals surface area contributed by atoms with Crippen molar-refractivity contribution in [1.29, 1.82) is 0 Å². The number of nitrogens with one attached hydrogen (secondary N) is 1. The van der Waals surface area contributed by atoms with Gasteiger partial charge in [0, 0.05) is 12.4 Å². The van der Waals surface area contributed by atoms with E-state index in [4.69, 9.17) is 11.6 Å². The van der Waals surface area contributed by atoms with Gasteiger partial charge in [0.15, 0.2) is 5.82 Å². The second kappa shape index (κ2) is 4.97. The molecule has 0 bridgehead atoms. The second-order valence-corrected chi connectivity index (χ2v) is 3.76. The Bertz CT molecular complexity index is 528. The highest BCUT2D eigenvalue weighted by Gasteiger charge is 2.09. The monoisotopic (exact) mass is 253 g/mol. The van der Waals surface area contributed by atoms with Crippen molar-refractivity contribution >= 4 is 23.2 Å². The molecule has 0 aliphatic carbocycles. The number of hydrogen-bond donors (Lipinski definition) is 1. The Hall–Kier alpha value is -1.88. The molecule has 6 heteroatoms. The summed E-state index contributed by atoms with van der Waals surface area (Å²) in [6.45, 7) is 0.0267. The number of nitrogens with zero attached hydrogens (tertiary/aromatic N) is 2. The van der Waals surface area contributed by atoms with Crippen molar-refractivity contribution in [1.82, 2.24) is 9.78 Å². The number of anilines is 1. The molecule has 88 valence electrons. The maximum Gasteiger partial charge on any atom is 0.246 e. The van der Waals surface area contributed by atoms with Gasteiger partial charge < -0.3 is 5.32 Å². The molecule has 1 heterocycles. The molecule has 0 spiro atoms. The van der Waals surface area contributed by atoms with Gasteiger partial charge in [0.05, 0.1) is 10.7 Å². The average Bonchev–Trinajstić information content (AvgIpc) is 2.77. The van der Waals surface area contributed by atoms with E-state index in [1.54, 1.807) is 24.5 Å². The Kier molecular flexibility index (Phi) is 3.39. The highest BCUT2D eigenvalue weighted by Crippen LogP contribution is 2.21. The maximum absolute atomic E-state index is 13.5. The number of carbonyl (C=O) groups excluding carboxylic acids is 1. The summed E-state index contributed by atoms with van der Waals surface area (Å²) >= 11 is 5.60. The van der Waals surface area contributed by atoms with Gasteiger partial charge in [-0.1, -0.05) is 17.7 Å². The average molecular weight is 254 g/mol. The van der Waals surface area contributed by atoms with Gasteiger partial charge in [-0.25, -0.2) is 4.39 Å². The Balaban J connectivity index is 2.06. The molecule has 0 saturated carbocycles. The minimum atomic E-state index is -0.636. The molecule has 17 heavy (non-hydrogen) atoms. The molecule has 1 amide bonds. The van der Waals surface area contributed by atoms with Gasteiger partial charge in [0.25, 0.3) is 0 Å². The molecule has 0 aliphatic heterocycles. The Morgan fingerprint density at radius 3 is 3.00 bits per heavy atom. The maximum atomic E-state index is 13.5. The van der Waals surface area contributed by atoms with Gasteiger partial charge in [-0.2, -0.15) is 5.10 Å². The summed E-state index contributed by atoms with van der Waals surface area (Å²) in [7, 11) is 0. The zero-order valence-corrected chi connectivity index (χ0v) is 9.49. The lowest BCUT2D eigenvalue weighted by Gasteiger charge is -2.07. The first-order valence-electron chi connectivity index (χ1n) is 4.88. The van der Waals surface area contributed by atoms with Crippen molar-refractivity contribution in [2.45, 2.75) is 6.54 Å². The summed E-state index contributed by atoms with van der Waals surface area (Å²) in [5.41, 5.74) is 0.0645. The minimum Gasteiger partial charge on any atom is -0.322 e. The van der Waals surface area contributed by atoms with Crippen molar-refractivity contribution in [2.75, 3.05) is 5.32 Å². The van der Waals surface area contributed by atoms with Crippen LogP contribution in [0.1, 0.15) is 0 Å². The van der Waals surface area contributed by atoms with Crippen LogP contribution < -0.4 is 5.32 Å². The number of amides is 1. The first kappa shape index (κ1) is 11.6. The van der Waals surface area contributed by atoms with Crippen molar-refractivity contribution < 1.29 is 9.18 Å². The summed E-state index contributed by atoms with van der Waals surface area (Å²) in [6.07, 6.45) is 3.21. The lowest BCUT2D eigenvalue weighted by Crippen LogP contribution is -2.19. The Morgan fingerprint density at radius 1 is 1.47 bits per heavy atom. The van der Waals surface area contributed by atoms with Crippen molar-refractivity contribution in [3.05, 3.63) is 47.5 Å². The number of halogens is 2. The summed E-state index contributed by atoms with van der Waals surface area (Å²) in [5.74, 6) is -1.00. The molecule has 2 aromatic rings. The van der Waals surface area contributed by atoms with Crippen LogP contribution in [-0.4, -0.2) is 15.7 Å². The SMILES string of the molecule is O=C(Cn1cccn1)Nc1cccc(Cl)c1F. The van der Waals surface area contributed by atoms with Gasteiger partial charge in [-0.15, -0.1) is 0 Å². The van der Waals surface area contributed by atoms with Gasteiger partial charge in [0.1, 0.15) is 6.54 Å². The van der Waals surface area contributed by atoms with Crippen LogP contribution in [0.15, 0.2) is 36.7 Å². The summed E-state index contributed by atoms with van der Waals surface area (Å²) in [6, 6.07) is 6.13. The predicted octanol–water partition coefficient (Wildman–Crippen LogP) is 2.31. The fourth-order valence-electron chi connectivity index (χ4n) is 1.33. The molecule has 0 aliphatic rings. The Morgan fingerprint density at radius 2 is 2.29 bits per heavy atom. The molecule has 1 N–H and O–H groups in total. The summed E-state index contributed by atoms with van der Waals surface area (Å²) in [5, 5.41) is 6.28. The first-order valence-corrected chi connectivity index (χ1v) is 5.26. The third-order valence-corrected chi connectivity index (χ3v) is 2.38. The predicted molar refractivity (Wildman–Crippen MR) is 62.3 cm³/mol. The van der Waals surface area contributed by atoms with E-state index in [9.17, 15) is 9.18 Å². The smallest absolute Gasteiger partial charge is 0.246 e. The van der Waals surface area contributed by atoms with E-state index < -0.39 is 5.82 Å². The fraction of sp³-hybridized carbons (Fsp3) is 0.0909. The third-order valence-electron chi connectivity index (χ3n) is 2.09. The van der Waals surface area contributed by atoms with Crippen LogP contribution in [0.2, 0.25) is 5.02 Å². The highest BCUT2D eigenvalue weighted by molar-refractivity contribution is 6.31. The number of carbonyl (C=O) groups is 1. The molecule has 2 rings (SSSR count). The molecule has 1 aromatic heterocycles. The van der Waals surface area contributed by atoms with Crippen LogP contribution in [0.4, 0.5) is 10.1 Å². The lowest BCUT2D eigenvalue weighted by atomic mass is 10.3. The van der Waals surface area contributed by atoms with E-state index in [1.807, 2.05) is 0 Å². The topological polar surface area (TPSA) is 46.9 Å². The van der Waals surface area contributed by atoms with Crippen molar-refractivity contribution in [3.8, 4) is 0 Å². The van der Waals surface area contributed by atoms with Gasteiger partial charge in [-0.3, -0.25) is 9.48 Å². The molecule has 0 radical (unpaired) electrons. The van der Waals surface area contributed by atoms with Gasteiger partial charge in [0.2, 0.25) is 5.91 Å². The summed E-state index contributed by atoms with van der Waals surface area (Å²) in [4.78, 5) is 11.6. The number of rotatable bonds is 3. The molecule has 4 nitrogen and oxygen atoms in total. The number of aromatic nitrogens is 2. The second-order valence-electron chi connectivity index (χ2n) is 3.35. The largest absolute Gasteiger partial charge is 0.322 e. The van der Waals surface area contributed by atoms with Crippen LogP contribution in [-0.2, 0) is 11.3 Å². The summed E-state index contributed by atoms with van der Waals surface area (Å²) < 4.78 is 14.9. The lowest BCUT2D eigenvalue weighted by molar-refractivity contribution is -0.116. The third kappa shape index (κ3) is 2.82. The number of benzene rings is 1. The van der Waals surface area contributed by atoms with E-state index in [1.165, 1.54) is 16.8 Å². The van der Waals surface area contributed by atoms with Crippen LogP contribution in [0, 0.1) is 5.82 Å². The zero-order chi connectivity index (χ0) is 12.3. The molecule has 1 aromatic carbocycles. The minimum absolute atomic E-state index is 0.0260. The molecular weight excluding hydrogens is 245 g/mol. The number of hydrogen-bond acceptors (Lipinski definition) is 2. The quantitative estimate of drug-likeness (QED) is 0.913. The van der Waals surface area contributed by atoms with Crippen LogP contribution in [0.25, 0.3) is 0 Å². The molecule has 0 unspecified atom stereocenters. The molecular formula is C11H9ClFN3O. The fourth-order valence-corrected chi connectivity index (χ4v) is 1.51. The van der Waals surface area contributed by atoms with E-state index in [0.717, 1.165) is 0 Å². The Labute approximate surface area is 102 Å². The van der Waals surface area contributed by atoms with Gasteiger partial charge >= 0.3 is 0 Å². The van der Waals surface area contributed by atoms with Crippen LogP contribution in [0.3, 0.4) is 0 Å². The van der Waals surface area contributed by atoms with Crippen LogP contribution >= 0.6 is 11.6 Å². The van der Waals surface area contributed by atoms with E-state index in [-0.39, 0.29) is 23.2 Å². The van der Waals surface area contributed by atoms with E-state index in [2.05, 4.69) is 10.4 Å². The highest BCUT2D eigenvalue weighted by atomic mass is 35.5. The first-order chi connectivity index (χ1) is 8.16. The van der Waals surface area contributed by atoms with E-state index in [0.29, 0.717) is 0 Å².